The fraction of sp³-hybridized carbons (Fsp3) is 0. The molecule has 0 atom stereocenters. The maximum absolute atomic E-state index is 6.50. The van der Waals surface area contributed by atoms with E-state index in [1.165, 1.54) is 0 Å². The van der Waals surface area contributed by atoms with Gasteiger partial charge in [0.15, 0.2) is 0 Å². The molecule has 1 rings (SSSR count). The first kappa shape index (κ1) is 6.71. The normalized spacial score (nSPS) is 6.25. The summed E-state index contributed by atoms with van der Waals surface area (Å²) in [4.78, 5) is 0. The minimum absolute atomic E-state index is 2.00. The van der Waals surface area contributed by atoms with Crippen molar-refractivity contribution in [2.45, 2.75) is 0 Å². The highest BCUT2D eigenvalue weighted by Gasteiger charge is 1.57. The Kier molecular flexibility index (Phi) is 4.79. The molecule has 8 heavy (non-hydrogen) atoms. The van der Waals surface area contributed by atoms with Gasteiger partial charge in [-0.15, -0.1) is 0 Å². The lowest BCUT2D eigenvalue weighted by Gasteiger charge is -1.69. The van der Waals surface area contributed by atoms with Crippen molar-refractivity contribution in [3.05, 3.63) is 36.4 Å². The molecule has 0 unspecified atom stereocenters. The quantitative estimate of drug-likeness (QED) is 0.493. The van der Waals surface area contributed by atoms with Crippen LogP contribution in [-0.4, -0.2) is 0 Å². The monoisotopic (exact) mass is 105 g/mol. The summed E-state index contributed by atoms with van der Waals surface area (Å²) >= 11 is 0. The van der Waals surface area contributed by atoms with Gasteiger partial charge in [0.2, 0.25) is 0 Å². The third-order valence-corrected chi connectivity index (χ3v) is 0.667. The van der Waals surface area contributed by atoms with Crippen LogP contribution >= 0.6 is 0 Å². The van der Waals surface area contributed by atoms with Crippen LogP contribution in [0.15, 0.2) is 36.4 Å². The lowest BCUT2D eigenvalue weighted by molar-refractivity contribution is 1.58. The van der Waals surface area contributed by atoms with Crippen molar-refractivity contribution in [1.82, 2.24) is 0 Å². The summed E-state index contributed by atoms with van der Waals surface area (Å²) in [5.74, 6) is 0. The lowest BCUT2D eigenvalue weighted by atomic mass is 10.4. The Balaban J connectivity index is 0.000000222. The van der Waals surface area contributed by atoms with Crippen LogP contribution < -0.4 is 0 Å². The average molecular weight is 105 g/mol. The van der Waals surface area contributed by atoms with Gasteiger partial charge in [-0.25, -0.2) is 5.26 Å². The van der Waals surface area contributed by atoms with Gasteiger partial charge in [-0.05, 0) is 0 Å². The Hall–Kier alpha value is -1.29. The average Bonchev–Trinajstić information content (AvgIpc) is 1.96. The molecular formula is C7H7N. The van der Waals surface area contributed by atoms with E-state index in [-0.39, 0.29) is 0 Å². The molecule has 0 aliphatic carbocycles. The maximum atomic E-state index is 6.50. The molecule has 0 saturated heterocycles. The molecule has 0 saturated carbocycles. The Morgan fingerprint density at radius 3 is 0.875 bits per heavy atom. The molecule has 0 N–H and O–H groups in total. The van der Waals surface area contributed by atoms with Gasteiger partial charge in [0.25, 0.3) is 0 Å². The van der Waals surface area contributed by atoms with E-state index in [0.717, 1.165) is 0 Å². The number of benzene rings is 1. The lowest BCUT2D eigenvalue weighted by Crippen LogP contribution is -1.47. The third-order valence-electron chi connectivity index (χ3n) is 0.667. The van der Waals surface area contributed by atoms with Crippen molar-refractivity contribution < 1.29 is 0 Å². The number of hydrogen-bond acceptors (Lipinski definition) is 1. The van der Waals surface area contributed by atoms with Crippen LogP contribution in [0.3, 0.4) is 0 Å². The molecule has 0 radical (unpaired) electrons. The molecule has 0 heterocycles. The Morgan fingerprint density at radius 2 is 0.750 bits per heavy atom. The number of nitrogens with zero attached hydrogens (tertiary/aromatic N) is 1. The van der Waals surface area contributed by atoms with Crippen LogP contribution in [0.4, 0.5) is 0 Å². The van der Waals surface area contributed by atoms with E-state index in [1.54, 1.807) is 0 Å². The highest BCUT2D eigenvalue weighted by Crippen LogP contribution is 1.79. The fourth-order valence-electron chi connectivity index (χ4n) is 0.385. The zero-order valence-corrected chi connectivity index (χ0v) is 4.49. The molecule has 40 valence electrons. The summed E-state index contributed by atoms with van der Waals surface area (Å²) in [6.45, 7) is 3.50. The fourth-order valence-corrected chi connectivity index (χ4v) is 0.385. The van der Waals surface area contributed by atoms with Crippen molar-refractivity contribution in [3.8, 4) is 6.57 Å². The summed E-state index contributed by atoms with van der Waals surface area (Å²) in [7, 11) is 0. The minimum atomic E-state index is 2.00. The van der Waals surface area contributed by atoms with Crippen molar-refractivity contribution in [3.63, 3.8) is 0 Å². The van der Waals surface area contributed by atoms with E-state index in [9.17, 15) is 0 Å². The molecule has 1 aromatic carbocycles. The van der Waals surface area contributed by atoms with Crippen LogP contribution in [-0.2, 0) is 0 Å². The van der Waals surface area contributed by atoms with Gasteiger partial charge in [-0.3, -0.25) is 0 Å². The highest BCUT2D eigenvalue weighted by molar-refractivity contribution is 4.99. The Morgan fingerprint density at radius 1 is 0.625 bits per heavy atom. The van der Waals surface area contributed by atoms with Gasteiger partial charge in [-0.1, -0.05) is 36.4 Å². The Bertz CT molecular complexity index is 105. The van der Waals surface area contributed by atoms with Crippen molar-refractivity contribution in [2.24, 2.45) is 0 Å². The van der Waals surface area contributed by atoms with Crippen LogP contribution in [0, 0.1) is 11.8 Å². The van der Waals surface area contributed by atoms with Crippen molar-refractivity contribution >= 4 is 0 Å². The first-order valence-corrected chi connectivity index (χ1v) is 2.26. The molecule has 0 bridgehead atoms. The third kappa shape index (κ3) is 2.92. The van der Waals surface area contributed by atoms with E-state index in [2.05, 4.69) is 6.57 Å². The van der Waals surface area contributed by atoms with Crippen molar-refractivity contribution in [2.75, 3.05) is 0 Å². The minimum Gasteiger partial charge on any atom is -0.202 e. The number of rotatable bonds is 0. The summed E-state index contributed by atoms with van der Waals surface area (Å²) in [5, 5.41) is 6.50. The van der Waals surface area contributed by atoms with Gasteiger partial charge >= 0.3 is 0 Å². The smallest absolute Gasteiger partial charge is 0.0462 e. The molecule has 0 aliphatic heterocycles. The van der Waals surface area contributed by atoms with Gasteiger partial charge in [-0.2, -0.15) is 0 Å². The first-order valence-electron chi connectivity index (χ1n) is 2.26. The standard InChI is InChI=1S/C6H6.CHN/c1-2-4-6-5-3-1;1-2/h1-6H;1H. The van der Waals surface area contributed by atoms with Crippen LogP contribution in [0.1, 0.15) is 0 Å². The molecule has 1 heteroatoms. The van der Waals surface area contributed by atoms with E-state index in [4.69, 9.17) is 5.26 Å². The van der Waals surface area contributed by atoms with Crippen LogP contribution in [0.2, 0.25) is 0 Å². The number of hydrogen-bond donors (Lipinski definition) is 0. The maximum Gasteiger partial charge on any atom is 0.0462 e. The molecule has 0 amide bonds. The summed E-state index contributed by atoms with van der Waals surface area (Å²) < 4.78 is 0. The molecule has 0 fully saturated rings. The predicted octanol–water partition coefficient (Wildman–Crippen LogP) is 1.83. The second-order valence-corrected chi connectivity index (χ2v) is 1.15. The van der Waals surface area contributed by atoms with Gasteiger partial charge in [0, 0.05) is 6.57 Å². The van der Waals surface area contributed by atoms with E-state index in [0.29, 0.717) is 0 Å². The SMILES string of the molecule is C#N.c1ccccc1. The largest absolute Gasteiger partial charge is 0.202 e. The van der Waals surface area contributed by atoms with E-state index in [1.807, 2.05) is 36.4 Å². The van der Waals surface area contributed by atoms with Gasteiger partial charge in [0.05, 0.1) is 0 Å². The predicted molar refractivity (Wildman–Crippen MR) is 33.1 cm³/mol. The van der Waals surface area contributed by atoms with Crippen LogP contribution in [0.5, 0.6) is 0 Å². The van der Waals surface area contributed by atoms with Crippen molar-refractivity contribution in [1.29, 1.82) is 5.26 Å². The zero-order valence-electron chi connectivity index (χ0n) is 4.49. The molecule has 0 aliphatic rings. The van der Waals surface area contributed by atoms with Gasteiger partial charge in [0.1, 0.15) is 0 Å². The summed E-state index contributed by atoms with van der Waals surface area (Å²) in [6.07, 6.45) is 0. The molecule has 0 aromatic heterocycles. The summed E-state index contributed by atoms with van der Waals surface area (Å²) in [6, 6.07) is 12.0. The van der Waals surface area contributed by atoms with E-state index >= 15 is 0 Å². The highest BCUT2D eigenvalue weighted by atomic mass is 14.2. The molecule has 0 spiro atoms. The Labute approximate surface area is 49.2 Å². The van der Waals surface area contributed by atoms with Gasteiger partial charge < -0.3 is 0 Å². The molecule has 1 nitrogen and oxygen atoms in total. The summed E-state index contributed by atoms with van der Waals surface area (Å²) in [5.41, 5.74) is 0. The first-order chi connectivity index (χ1) is 4.00. The van der Waals surface area contributed by atoms with Crippen LogP contribution in [0.25, 0.3) is 0 Å². The number of nitriles is 1. The zero-order chi connectivity index (χ0) is 6.24. The topological polar surface area (TPSA) is 23.8 Å². The second-order valence-electron chi connectivity index (χ2n) is 1.15. The van der Waals surface area contributed by atoms with E-state index < -0.39 is 0 Å². The molecule has 1 aromatic rings. The second kappa shape index (κ2) is 5.71. The molecular weight excluding hydrogens is 98.1 g/mol.